The number of nitrogens with one attached hydrogen (secondary N) is 1. The first kappa shape index (κ1) is 21.5. The summed E-state index contributed by atoms with van der Waals surface area (Å²) in [5, 5.41) is 7.70. The topological polar surface area (TPSA) is 78.8 Å². The monoisotopic (exact) mass is 477 g/mol. The van der Waals surface area contributed by atoms with E-state index in [1.165, 1.54) is 28.5 Å². The van der Waals surface area contributed by atoms with Crippen LogP contribution >= 0.6 is 22.9 Å². The number of nitrogens with zero attached hydrogens (tertiary/aromatic N) is 2. The number of rotatable bonds is 5. The molecule has 31 heavy (non-hydrogen) atoms. The van der Waals surface area contributed by atoms with Gasteiger partial charge in [-0.05, 0) is 46.8 Å². The zero-order valence-electron chi connectivity index (χ0n) is 16.2. The Kier molecular flexibility index (Phi) is 5.83. The van der Waals surface area contributed by atoms with Gasteiger partial charge in [-0.15, -0.1) is 11.3 Å². The van der Waals surface area contributed by atoms with E-state index in [0.717, 1.165) is 6.26 Å². The lowest BCUT2D eigenvalue weighted by Gasteiger charge is -2.21. The molecule has 1 amide bonds. The van der Waals surface area contributed by atoms with Gasteiger partial charge in [-0.1, -0.05) is 35.9 Å². The van der Waals surface area contributed by atoms with E-state index >= 15 is 0 Å². The summed E-state index contributed by atoms with van der Waals surface area (Å²) in [4.78, 5) is 13.6. The first-order chi connectivity index (χ1) is 14.7. The van der Waals surface area contributed by atoms with Gasteiger partial charge in [0.2, 0.25) is 10.0 Å². The van der Waals surface area contributed by atoms with Crippen molar-refractivity contribution in [2.24, 2.45) is 5.10 Å². The lowest BCUT2D eigenvalue weighted by atomic mass is 9.98. The van der Waals surface area contributed by atoms with Gasteiger partial charge in [0, 0.05) is 12.1 Å². The van der Waals surface area contributed by atoms with Gasteiger partial charge < -0.3 is 0 Å². The largest absolute Gasteiger partial charge is 0.284 e. The molecule has 1 aliphatic heterocycles. The Labute approximate surface area is 188 Å². The highest BCUT2D eigenvalue weighted by Gasteiger charge is 2.34. The normalized spacial score (nSPS) is 16.3. The van der Waals surface area contributed by atoms with E-state index in [0.29, 0.717) is 33.8 Å². The second-order valence-electron chi connectivity index (χ2n) is 7.02. The van der Waals surface area contributed by atoms with Crippen LogP contribution in [0.1, 0.15) is 33.3 Å². The quantitative estimate of drug-likeness (QED) is 0.567. The summed E-state index contributed by atoms with van der Waals surface area (Å²) < 4.78 is 39.3. The van der Waals surface area contributed by atoms with Crippen LogP contribution in [0.4, 0.5) is 10.1 Å². The molecule has 3 aromatic rings. The summed E-state index contributed by atoms with van der Waals surface area (Å²) in [5.41, 5.74) is 2.33. The lowest BCUT2D eigenvalue weighted by molar-refractivity contribution is 0.0716. The Balaban J connectivity index is 1.72. The molecule has 1 atom stereocenters. The number of thiophene rings is 1. The maximum atomic E-state index is 13.7. The summed E-state index contributed by atoms with van der Waals surface area (Å²) in [7, 11) is -3.44. The first-order valence-corrected chi connectivity index (χ1v) is 12.3. The van der Waals surface area contributed by atoms with Crippen molar-refractivity contribution in [1.82, 2.24) is 5.01 Å². The molecule has 0 spiro atoms. The number of carbonyl (C=O) groups excluding carboxylic acids is 1. The van der Waals surface area contributed by atoms with E-state index in [2.05, 4.69) is 9.82 Å². The van der Waals surface area contributed by atoms with Crippen molar-refractivity contribution in [3.05, 3.63) is 86.8 Å². The Hall–Kier alpha value is -2.75. The van der Waals surface area contributed by atoms with Crippen LogP contribution in [0.15, 0.2) is 65.1 Å². The molecule has 0 saturated carbocycles. The molecule has 160 valence electrons. The van der Waals surface area contributed by atoms with Crippen LogP contribution in [0.5, 0.6) is 0 Å². The molecule has 1 aromatic heterocycles. The number of anilines is 1. The van der Waals surface area contributed by atoms with Gasteiger partial charge in [0.25, 0.3) is 5.91 Å². The number of hydrogen-bond donors (Lipinski definition) is 1. The molecule has 2 heterocycles. The highest BCUT2D eigenvalue weighted by atomic mass is 35.5. The van der Waals surface area contributed by atoms with Crippen molar-refractivity contribution >= 4 is 50.3 Å². The van der Waals surface area contributed by atoms with Gasteiger partial charge in [-0.3, -0.25) is 9.52 Å². The number of benzene rings is 2. The van der Waals surface area contributed by atoms with E-state index in [1.54, 1.807) is 47.8 Å². The third kappa shape index (κ3) is 4.79. The third-order valence-electron chi connectivity index (χ3n) is 4.68. The molecule has 0 aliphatic carbocycles. The van der Waals surface area contributed by atoms with Gasteiger partial charge in [-0.2, -0.15) is 5.10 Å². The third-order valence-corrected chi connectivity index (χ3v) is 6.43. The standard InChI is InChI=1S/C21H17ClFN3O3S2/c1-31(28,29)25-15-5-2-4-13(10-15)18-12-19(14-7-8-17(23)16(22)11-14)26(24-18)21(27)20-6-3-9-30-20/h2-11,19,25H,12H2,1H3/t19-/m1/s1. The lowest BCUT2D eigenvalue weighted by Crippen LogP contribution is -2.26. The predicted octanol–water partition coefficient (Wildman–Crippen LogP) is 4.90. The first-order valence-electron chi connectivity index (χ1n) is 9.19. The average molecular weight is 478 g/mol. The Morgan fingerprint density at radius 1 is 1.23 bits per heavy atom. The molecule has 0 bridgehead atoms. The Morgan fingerprint density at radius 3 is 2.71 bits per heavy atom. The summed E-state index contributed by atoms with van der Waals surface area (Å²) in [6.45, 7) is 0. The molecular formula is C21H17ClFN3O3S2. The fourth-order valence-electron chi connectivity index (χ4n) is 3.34. The van der Waals surface area contributed by atoms with E-state index in [-0.39, 0.29) is 10.9 Å². The molecule has 6 nitrogen and oxygen atoms in total. The van der Waals surface area contributed by atoms with Crippen molar-refractivity contribution in [2.45, 2.75) is 12.5 Å². The van der Waals surface area contributed by atoms with Crippen LogP contribution in [-0.2, 0) is 10.0 Å². The van der Waals surface area contributed by atoms with E-state index in [1.807, 2.05) is 0 Å². The zero-order valence-corrected chi connectivity index (χ0v) is 18.6. The van der Waals surface area contributed by atoms with Crippen molar-refractivity contribution in [3.63, 3.8) is 0 Å². The highest BCUT2D eigenvalue weighted by Crippen LogP contribution is 2.36. The molecule has 0 saturated heterocycles. The minimum Gasteiger partial charge on any atom is -0.284 e. The number of hydrogen-bond acceptors (Lipinski definition) is 5. The summed E-state index contributed by atoms with van der Waals surface area (Å²) in [6, 6.07) is 14.2. The van der Waals surface area contributed by atoms with Gasteiger partial charge in [0.15, 0.2) is 0 Å². The SMILES string of the molecule is CS(=O)(=O)Nc1cccc(C2=NN(C(=O)c3cccs3)[C@@H](c3ccc(F)c(Cl)c3)C2)c1. The van der Waals surface area contributed by atoms with Gasteiger partial charge >= 0.3 is 0 Å². The van der Waals surface area contributed by atoms with Gasteiger partial charge in [-0.25, -0.2) is 17.8 Å². The number of amides is 1. The van der Waals surface area contributed by atoms with Gasteiger partial charge in [0.1, 0.15) is 5.82 Å². The van der Waals surface area contributed by atoms with Crippen molar-refractivity contribution < 1.29 is 17.6 Å². The Bertz CT molecular complexity index is 1280. The summed E-state index contributed by atoms with van der Waals surface area (Å²) in [5.74, 6) is -0.818. The zero-order chi connectivity index (χ0) is 22.2. The fraction of sp³-hybridized carbons (Fsp3) is 0.143. The molecule has 1 aliphatic rings. The van der Waals surface area contributed by atoms with Crippen molar-refractivity contribution in [1.29, 1.82) is 0 Å². The second kappa shape index (κ2) is 8.41. The molecule has 0 fully saturated rings. The van der Waals surface area contributed by atoms with E-state index in [9.17, 15) is 17.6 Å². The number of halogens is 2. The van der Waals surface area contributed by atoms with Crippen LogP contribution in [0.2, 0.25) is 5.02 Å². The molecule has 0 unspecified atom stereocenters. The molecule has 1 N–H and O–H groups in total. The molecular weight excluding hydrogens is 461 g/mol. The van der Waals surface area contributed by atoms with Crippen LogP contribution in [-0.4, -0.2) is 31.3 Å². The minimum atomic E-state index is -3.44. The average Bonchev–Trinajstić information content (AvgIpc) is 3.39. The molecule has 0 radical (unpaired) electrons. The van der Waals surface area contributed by atoms with Gasteiger partial charge in [0.05, 0.1) is 27.9 Å². The second-order valence-corrected chi connectivity index (χ2v) is 10.1. The van der Waals surface area contributed by atoms with Crippen LogP contribution in [0.25, 0.3) is 0 Å². The van der Waals surface area contributed by atoms with E-state index < -0.39 is 21.9 Å². The summed E-state index contributed by atoms with van der Waals surface area (Å²) in [6.07, 6.45) is 1.43. The number of hydrazone groups is 1. The minimum absolute atomic E-state index is 0.0335. The highest BCUT2D eigenvalue weighted by molar-refractivity contribution is 7.92. The Morgan fingerprint density at radius 2 is 2.03 bits per heavy atom. The number of carbonyl (C=O) groups is 1. The van der Waals surface area contributed by atoms with Crippen LogP contribution < -0.4 is 4.72 Å². The number of sulfonamides is 1. The smallest absolute Gasteiger partial charge is 0.284 e. The van der Waals surface area contributed by atoms with Crippen molar-refractivity contribution in [3.8, 4) is 0 Å². The molecule has 4 rings (SSSR count). The maximum Gasteiger partial charge on any atom is 0.284 e. The summed E-state index contributed by atoms with van der Waals surface area (Å²) >= 11 is 7.28. The van der Waals surface area contributed by atoms with E-state index in [4.69, 9.17) is 11.6 Å². The molecule has 2 aromatic carbocycles. The van der Waals surface area contributed by atoms with Crippen LogP contribution in [0.3, 0.4) is 0 Å². The maximum absolute atomic E-state index is 13.7. The van der Waals surface area contributed by atoms with Crippen molar-refractivity contribution in [2.75, 3.05) is 11.0 Å². The predicted molar refractivity (Wildman–Crippen MR) is 121 cm³/mol. The fourth-order valence-corrected chi connectivity index (χ4v) is 4.74. The van der Waals surface area contributed by atoms with Crippen LogP contribution in [0, 0.1) is 5.82 Å². The molecule has 10 heteroatoms.